The Labute approximate surface area is 170 Å². The van der Waals surface area contributed by atoms with Crippen molar-refractivity contribution in [3.8, 4) is 11.6 Å². The maximum Gasteiger partial charge on any atom is 0.573 e. The molecule has 0 saturated heterocycles. The van der Waals surface area contributed by atoms with Crippen molar-refractivity contribution >= 4 is 11.7 Å². The predicted octanol–water partition coefficient (Wildman–Crippen LogP) is 3.02. The number of nitrogens with zero attached hydrogens (tertiary/aromatic N) is 4. The summed E-state index contributed by atoms with van der Waals surface area (Å²) in [7, 11) is 0. The lowest BCUT2D eigenvalue weighted by atomic mass is 10.2. The number of nitrogens with one attached hydrogen (secondary N) is 2. The molecule has 3 aromatic rings. The molecule has 0 aliphatic carbocycles. The van der Waals surface area contributed by atoms with Crippen molar-refractivity contribution in [3.63, 3.8) is 0 Å². The molecule has 3 rings (SSSR count). The average Bonchev–Trinajstić information content (AvgIpc) is 3.02. The van der Waals surface area contributed by atoms with Gasteiger partial charge >= 0.3 is 6.36 Å². The van der Waals surface area contributed by atoms with Gasteiger partial charge in [-0.05, 0) is 50.2 Å². The Bertz CT molecular complexity index is 1020. The smallest absolute Gasteiger partial charge is 0.406 e. The van der Waals surface area contributed by atoms with E-state index in [-0.39, 0.29) is 12.1 Å². The zero-order chi connectivity index (χ0) is 21.7. The van der Waals surface area contributed by atoms with Gasteiger partial charge in [0.1, 0.15) is 11.6 Å². The van der Waals surface area contributed by atoms with Crippen LogP contribution in [0, 0.1) is 13.8 Å². The first-order valence-corrected chi connectivity index (χ1v) is 8.96. The second-order valence-corrected chi connectivity index (χ2v) is 6.37. The third-order valence-electron chi connectivity index (χ3n) is 3.92. The summed E-state index contributed by atoms with van der Waals surface area (Å²) >= 11 is 0. The molecule has 158 valence electrons. The zero-order valence-electron chi connectivity index (χ0n) is 16.2. The normalized spacial score (nSPS) is 11.2. The summed E-state index contributed by atoms with van der Waals surface area (Å²) in [6.45, 7) is 4.38. The molecular weight excluding hydrogens is 401 g/mol. The van der Waals surface area contributed by atoms with Crippen LogP contribution in [0.1, 0.15) is 21.7 Å². The van der Waals surface area contributed by atoms with Gasteiger partial charge in [0.2, 0.25) is 0 Å². The van der Waals surface area contributed by atoms with Gasteiger partial charge < -0.3 is 15.4 Å². The average molecular weight is 420 g/mol. The number of aromatic nitrogens is 4. The van der Waals surface area contributed by atoms with E-state index in [4.69, 9.17) is 0 Å². The summed E-state index contributed by atoms with van der Waals surface area (Å²) in [6.07, 6.45) is -4.81. The van der Waals surface area contributed by atoms with Crippen LogP contribution in [0.5, 0.6) is 5.75 Å². The van der Waals surface area contributed by atoms with E-state index >= 15 is 0 Å². The first kappa shape index (κ1) is 21.1. The van der Waals surface area contributed by atoms with Gasteiger partial charge in [-0.2, -0.15) is 5.10 Å². The Balaban J connectivity index is 1.48. The number of carbonyl (C=O) groups is 1. The molecule has 2 N–H and O–H groups in total. The van der Waals surface area contributed by atoms with E-state index in [2.05, 4.69) is 30.7 Å². The number of alkyl halides is 3. The highest BCUT2D eigenvalue weighted by Crippen LogP contribution is 2.23. The number of aryl methyl sites for hydroxylation is 2. The molecule has 0 aliphatic rings. The van der Waals surface area contributed by atoms with Crippen LogP contribution in [-0.2, 0) is 0 Å². The Kier molecular flexibility index (Phi) is 6.19. The van der Waals surface area contributed by atoms with E-state index in [1.54, 1.807) is 16.8 Å². The van der Waals surface area contributed by atoms with Gasteiger partial charge in [0.05, 0.1) is 5.69 Å². The van der Waals surface area contributed by atoms with Crippen molar-refractivity contribution in [1.29, 1.82) is 0 Å². The minimum atomic E-state index is -4.81. The lowest BCUT2D eigenvalue weighted by Crippen LogP contribution is -2.29. The quantitative estimate of drug-likeness (QED) is 0.571. The SMILES string of the molecule is Cc1cc(C)n(-c2ccc(NCCNC(=O)c3cccc(OC(F)(F)F)c3)nn2)n1. The van der Waals surface area contributed by atoms with Crippen LogP contribution in [-0.4, -0.2) is 45.3 Å². The fourth-order valence-corrected chi connectivity index (χ4v) is 2.70. The molecule has 0 radical (unpaired) electrons. The molecule has 0 saturated carbocycles. The molecule has 2 heterocycles. The maximum absolute atomic E-state index is 12.3. The molecule has 8 nitrogen and oxygen atoms in total. The molecule has 0 fully saturated rings. The zero-order valence-corrected chi connectivity index (χ0v) is 16.2. The molecule has 30 heavy (non-hydrogen) atoms. The van der Waals surface area contributed by atoms with Crippen LogP contribution >= 0.6 is 0 Å². The van der Waals surface area contributed by atoms with Crippen molar-refractivity contribution in [2.45, 2.75) is 20.2 Å². The van der Waals surface area contributed by atoms with Crippen LogP contribution in [0.4, 0.5) is 19.0 Å². The number of halogens is 3. The van der Waals surface area contributed by atoms with Gasteiger partial charge in [0.15, 0.2) is 5.82 Å². The van der Waals surface area contributed by atoms with Crippen molar-refractivity contribution < 1.29 is 22.7 Å². The number of rotatable bonds is 7. The standard InChI is InChI=1S/C19H19F3N6O2/c1-12-10-13(2)28(27-12)17-7-6-16(25-26-17)23-8-9-24-18(29)14-4-3-5-15(11-14)30-19(20,21)22/h3-7,10-11H,8-9H2,1-2H3,(H,23,25)(H,24,29). The van der Waals surface area contributed by atoms with E-state index in [0.717, 1.165) is 23.5 Å². The van der Waals surface area contributed by atoms with E-state index in [1.807, 2.05) is 19.9 Å². The van der Waals surface area contributed by atoms with Crippen LogP contribution in [0.2, 0.25) is 0 Å². The molecule has 0 bridgehead atoms. The van der Waals surface area contributed by atoms with Gasteiger partial charge in [0, 0.05) is 24.3 Å². The van der Waals surface area contributed by atoms with Crippen molar-refractivity contribution in [2.24, 2.45) is 0 Å². The topological polar surface area (TPSA) is 94.0 Å². The van der Waals surface area contributed by atoms with E-state index in [9.17, 15) is 18.0 Å². The van der Waals surface area contributed by atoms with E-state index in [0.29, 0.717) is 18.2 Å². The van der Waals surface area contributed by atoms with Crippen molar-refractivity contribution in [2.75, 3.05) is 18.4 Å². The highest BCUT2D eigenvalue weighted by atomic mass is 19.4. The number of anilines is 1. The first-order chi connectivity index (χ1) is 14.2. The Morgan fingerprint density at radius 2 is 1.90 bits per heavy atom. The van der Waals surface area contributed by atoms with Crippen LogP contribution in [0.15, 0.2) is 42.5 Å². The monoisotopic (exact) mass is 420 g/mol. The molecule has 0 spiro atoms. The summed E-state index contributed by atoms with van der Waals surface area (Å²) < 4.78 is 42.3. The van der Waals surface area contributed by atoms with Crippen molar-refractivity contribution in [3.05, 3.63) is 59.4 Å². The lowest BCUT2D eigenvalue weighted by Gasteiger charge is -2.11. The minimum Gasteiger partial charge on any atom is -0.406 e. The summed E-state index contributed by atoms with van der Waals surface area (Å²) in [4.78, 5) is 12.1. The van der Waals surface area contributed by atoms with Crippen LogP contribution in [0.3, 0.4) is 0 Å². The number of benzene rings is 1. The fourth-order valence-electron chi connectivity index (χ4n) is 2.70. The minimum absolute atomic E-state index is 0.0609. The van der Waals surface area contributed by atoms with Gasteiger partial charge in [-0.1, -0.05) is 6.07 Å². The Morgan fingerprint density at radius 3 is 2.53 bits per heavy atom. The molecule has 0 aliphatic heterocycles. The number of hydrogen-bond donors (Lipinski definition) is 2. The van der Waals surface area contributed by atoms with Gasteiger partial charge in [-0.3, -0.25) is 4.79 Å². The predicted molar refractivity (Wildman–Crippen MR) is 103 cm³/mol. The van der Waals surface area contributed by atoms with Gasteiger partial charge in [-0.15, -0.1) is 23.4 Å². The molecule has 1 aromatic carbocycles. The van der Waals surface area contributed by atoms with Crippen LogP contribution in [0.25, 0.3) is 5.82 Å². The molecule has 11 heteroatoms. The number of ether oxygens (including phenoxy) is 1. The molecule has 0 unspecified atom stereocenters. The summed E-state index contributed by atoms with van der Waals surface area (Å²) in [5.41, 5.74) is 1.88. The van der Waals surface area contributed by atoms with Crippen molar-refractivity contribution in [1.82, 2.24) is 25.3 Å². The second kappa shape index (κ2) is 8.80. The fraction of sp³-hybridized carbons (Fsp3) is 0.263. The van der Waals surface area contributed by atoms with E-state index < -0.39 is 18.0 Å². The third-order valence-corrected chi connectivity index (χ3v) is 3.92. The van der Waals surface area contributed by atoms with Gasteiger partial charge in [0.25, 0.3) is 5.91 Å². The maximum atomic E-state index is 12.3. The lowest BCUT2D eigenvalue weighted by molar-refractivity contribution is -0.274. The second-order valence-electron chi connectivity index (χ2n) is 6.37. The molecule has 1 amide bonds. The number of carbonyl (C=O) groups excluding carboxylic acids is 1. The Morgan fingerprint density at radius 1 is 1.10 bits per heavy atom. The Hall–Kier alpha value is -3.63. The van der Waals surface area contributed by atoms with Gasteiger partial charge in [-0.25, -0.2) is 4.68 Å². The molecular formula is C19H19F3N6O2. The van der Waals surface area contributed by atoms with E-state index in [1.165, 1.54) is 12.1 Å². The first-order valence-electron chi connectivity index (χ1n) is 8.96. The highest BCUT2D eigenvalue weighted by Gasteiger charge is 2.31. The molecule has 0 atom stereocenters. The summed E-state index contributed by atoms with van der Waals surface area (Å²) in [5.74, 6) is 0.122. The largest absolute Gasteiger partial charge is 0.573 e. The van der Waals surface area contributed by atoms with Crippen LogP contribution < -0.4 is 15.4 Å². The molecule has 2 aromatic heterocycles. The third kappa shape index (κ3) is 5.69. The number of amides is 1. The summed E-state index contributed by atoms with van der Waals surface area (Å²) in [5, 5.41) is 18.1. The highest BCUT2D eigenvalue weighted by molar-refractivity contribution is 5.94. The summed E-state index contributed by atoms with van der Waals surface area (Å²) in [6, 6.07) is 10.3. The number of hydrogen-bond acceptors (Lipinski definition) is 6.